The summed E-state index contributed by atoms with van der Waals surface area (Å²) in [5.74, 6) is -0.267. The first-order valence-electron chi connectivity index (χ1n) is 9.06. The van der Waals surface area contributed by atoms with Gasteiger partial charge in [-0.3, -0.25) is 4.79 Å². The van der Waals surface area contributed by atoms with Crippen molar-refractivity contribution >= 4 is 5.91 Å². The number of aliphatic hydroxyl groups excluding tert-OH is 1. The highest BCUT2D eigenvalue weighted by atomic mass is 16.6. The predicted octanol–water partition coefficient (Wildman–Crippen LogP) is 0.0176. The van der Waals surface area contributed by atoms with Gasteiger partial charge in [-0.05, 0) is 18.9 Å². The minimum atomic E-state index is -0.706. The van der Waals surface area contributed by atoms with Gasteiger partial charge < -0.3 is 34.1 Å². The molecule has 0 unspecified atom stereocenters. The molecule has 27 heavy (non-hydrogen) atoms. The second kappa shape index (κ2) is 15.6. The fraction of sp³-hybridized carbons (Fsp3) is 0.938. The highest BCUT2D eigenvalue weighted by Crippen LogP contribution is 2.14. The third-order valence-corrected chi connectivity index (χ3v) is 3.80. The molecule has 3 atom stereocenters. The van der Waals surface area contributed by atoms with Crippen LogP contribution in [0, 0.1) is 0 Å². The molecule has 0 radical (unpaired) electrons. The lowest BCUT2D eigenvalue weighted by molar-refractivity contribution is -0.132. The van der Waals surface area contributed by atoms with Crippen LogP contribution in [0.5, 0.6) is 0 Å². The highest BCUT2D eigenvalue weighted by Gasteiger charge is 2.30. The van der Waals surface area contributed by atoms with Crippen molar-refractivity contribution in [2.45, 2.75) is 31.6 Å². The number of hydrogen-bond acceptors (Lipinski definition) is 8. The molecular weight excluding hydrogens is 360 g/mol. The normalized spacial score (nSPS) is 22.2. The van der Waals surface area contributed by atoms with Crippen LogP contribution in [0.3, 0.4) is 0 Å². The molecule has 0 bridgehead atoms. The highest BCUT2D eigenvalue weighted by molar-refractivity contribution is 5.77. The van der Waals surface area contributed by atoms with Crippen LogP contribution in [-0.4, -0.2) is 95.3 Å². The maximum atomic E-state index is 11.8. The number of nitrogens with zero attached hydrogens (tertiary/aromatic N) is 3. The van der Waals surface area contributed by atoms with Crippen molar-refractivity contribution < 1.29 is 33.6 Å². The van der Waals surface area contributed by atoms with Crippen LogP contribution < -0.4 is 5.32 Å². The lowest BCUT2D eigenvalue weighted by Crippen LogP contribution is -2.52. The Morgan fingerprint density at radius 1 is 1.15 bits per heavy atom. The molecule has 156 valence electrons. The number of carbonyl (C=O) groups excluding carboxylic acids is 1. The van der Waals surface area contributed by atoms with Gasteiger partial charge in [-0.2, -0.15) is 0 Å². The molecule has 1 heterocycles. The van der Waals surface area contributed by atoms with Crippen molar-refractivity contribution in [3.8, 4) is 0 Å². The summed E-state index contributed by atoms with van der Waals surface area (Å²) >= 11 is 0. The largest absolute Gasteiger partial charge is 0.388 e. The van der Waals surface area contributed by atoms with Crippen LogP contribution in [0.2, 0.25) is 0 Å². The number of hydrogen-bond donors (Lipinski definition) is 2. The summed E-state index contributed by atoms with van der Waals surface area (Å²) in [4.78, 5) is 14.4. The van der Waals surface area contributed by atoms with Gasteiger partial charge in [0.15, 0.2) is 0 Å². The van der Waals surface area contributed by atoms with Crippen molar-refractivity contribution in [1.82, 2.24) is 5.32 Å². The molecule has 1 aliphatic heterocycles. The summed E-state index contributed by atoms with van der Waals surface area (Å²) < 4.78 is 26.3. The van der Waals surface area contributed by atoms with Crippen molar-refractivity contribution in [3.63, 3.8) is 0 Å². The summed E-state index contributed by atoms with van der Waals surface area (Å²) in [6.45, 7) is 5.27. The zero-order chi connectivity index (χ0) is 19.7. The van der Waals surface area contributed by atoms with E-state index in [0.717, 1.165) is 0 Å². The lowest BCUT2D eigenvalue weighted by atomic mass is 10.0. The minimum Gasteiger partial charge on any atom is -0.388 e. The number of amides is 1. The van der Waals surface area contributed by atoms with Crippen LogP contribution >= 0.6 is 0 Å². The van der Waals surface area contributed by atoms with Crippen molar-refractivity contribution in [2.24, 2.45) is 5.11 Å². The Labute approximate surface area is 158 Å². The third-order valence-electron chi connectivity index (χ3n) is 3.80. The number of azide groups is 1. The van der Waals surface area contributed by atoms with E-state index in [9.17, 15) is 9.90 Å². The van der Waals surface area contributed by atoms with Crippen LogP contribution in [0.15, 0.2) is 5.11 Å². The summed E-state index contributed by atoms with van der Waals surface area (Å²) in [5, 5.41) is 16.0. The SMILES string of the molecule is C[C@@H]1OCC[C@H](NC(=O)COCCOCCOCCOCCN=[N+]=[N-])[C@@H]1O. The molecule has 0 saturated carbocycles. The fourth-order valence-electron chi connectivity index (χ4n) is 2.36. The van der Waals surface area contributed by atoms with Crippen LogP contribution in [0.4, 0.5) is 0 Å². The summed E-state index contributed by atoms with van der Waals surface area (Å²) in [5.41, 5.74) is 8.08. The molecule has 1 saturated heterocycles. The van der Waals surface area contributed by atoms with E-state index in [1.807, 2.05) is 0 Å². The Morgan fingerprint density at radius 3 is 2.37 bits per heavy atom. The van der Waals surface area contributed by atoms with Gasteiger partial charge in [0.05, 0.1) is 58.4 Å². The molecular formula is C16H30N4O7. The standard InChI is InChI=1S/C16H30N4O7/c1-13-16(22)14(2-4-27-13)19-15(21)12-26-11-10-25-9-8-24-7-6-23-5-3-18-20-17/h13-14,16,22H,2-12H2,1H3,(H,19,21)/t13-,14-,16+/m0/s1. The first kappa shape index (κ1) is 23.6. The number of carbonyl (C=O) groups is 1. The maximum absolute atomic E-state index is 11.8. The maximum Gasteiger partial charge on any atom is 0.246 e. The topological polar surface area (TPSA) is 144 Å². The third kappa shape index (κ3) is 11.8. The van der Waals surface area contributed by atoms with E-state index in [1.54, 1.807) is 6.92 Å². The fourth-order valence-corrected chi connectivity index (χ4v) is 2.36. The summed E-state index contributed by atoms with van der Waals surface area (Å²) in [7, 11) is 0. The number of aliphatic hydroxyl groups is 1. The van der Waals surface area contributed by atoms with Gasteiger partial charge in [0.2, 0.25) is 5.91 Å². The molecule has 1 fully saturated rings. The van der Waals surface area contributed by atoms with E-state index in [2.05, 4.69) is 15.3 Å². The molecule has 1 rings (SSSR count). The van der Waals surface area contributed by atoms with Gasteiger partial charge in [0.1, 0.15) is 12.7 Å². The molecule has 1 aliphatic rings. The number of ether oxygens (including phenoxy) is 5. The van der Waals surface area contributed by atoms with Crippen LogP contribution in [0.1, 0.15) is 13.3 Å². The van der Waals surface area contributed by atoms with Crippen molar-refractivity contribution in [2.75, 3.05) is 66.0 Å². The smallest absolute Gasteiger partial charge is 0.246 e. The molecule has 2 N–H and O–H groups in total. The average Bonchev–Trinajstić information content (AvgIpc) is 2.66. The number of nitrogens with one attached hydrogen (secondary N) is 1. The average molecular weight is 390 g/mol. The zero-order valence-electron chi connectivity index (χ0n) is 15.7. The predicted molar refractivity (Wildman–Crippen MR) is 95.3 cm³/mol. The first-order valence-corrected chi connectivity index (χ1v) is 9.06. The van der Waals surface area contributed by atoms with Crippen molar-refractivity contribution in [1.29, 1.82) is 0 Å². The summed E-state index contributed by atoms with van der Waals surface area (Å²) in [6, 6.07) is -0.304. The monoisotopic (exact) mass is 390 g/mol. The second-order valence-corrected chi connectivity index (χ2v) is 5.87. The van der Waals surface area contributed by atoms with Crippen LogP contribution in [-0.2, 0) is 28.5 Å². The van der Waals surface area contributed by atoms with E-state index in [0.29, 0.717) is 65.8 Å². The zero-order valence-corrected chi connectivity index (χ0v) is 15.7. The molecule has 1 amide bonds. The van der Waals surface area contributed by atoms with E-state index in [1.165, 1.54) is 0 Å². The van der Waals surface area contributed by atoms with Gasteiger partial charge in [0.25, 0.3) is 0 Å². The van der Waals surface area contributed by atoms with Crippen LogP contribution in [0.25, 0.3) is 10.4 Å². The molecule has 11 nitrogen and oxygen atoms in total. The Hall–Kier alpha value is -1.46. The second-order valence-electron chi connectivity index (χ2n) is 5.87. The first-order chi connectivity index (χ1) is 13.1. The molecule has 0 aliphatic carbocycles. The summed E-state index contributed by atoms with van der Waals surface area (Å²) in [6.07, 6.45) is -0.411. The molecule has 11 heteroatoms. The molecule has 0 aromatic heterocycles. The van der Waals surface area contributed by atoms with E-state index in [-0.39, 0.29) is 24.7 Å². The van der Waals surface area contributed by atoms with E-state index in [4.69, 9.17) is 29.2 Å². The van der Waals surface area contributed by atoms with E-state index < -0.39 is 6.10 Å². The van der Waals surface area contributed by atoms with Gasteiger partial charge in [-0.15, -0.1) is 0 Å². The van der Waals surface area contributed by atoms with Gasteiger partial charge in [0, 0.05) is 18.1 Å². The lowest BCUT2D eigenvalue weighted by Gasteiger charge is -2.33. The van der Waals surface area contributed by atoms with Gasteiger partial charge in [-0.1, -0.05) is 5.11 Å². The number of rotatable bonds is 15. The Bertz CT molecular complexity index is 448. The quantitative estimate of drug-likeness (QED) is 0.173. The Balaban J connectivity index is 1.85. The molecule has 0 spiro atoms. The van der Waals surface area contributed by atoms with Gasteiger partial charge in [-0.25, -0.2) is 0 Å². The van der Waals surface area contributed by atoms with Gasteiger partial charge >= 0.3 is 0 Å². The Kier molecular flexibility index (Phi) is 13.6. The van der Waals surface area contributed by atoms with Crippen molar-refractivity contribution in [3.05, 3.63) is 10.4 Å². The van der Waals surface area contributed by atoms with E-state index >= 15 is 0 Å². The molecule has 0 aromatic carbocycles. The molecule has 0 aromatic rings. The minimum absolute atomic E-state index is 0.0779. The Morgan fingerprint density at radius 2 is 1.74 bits per heavy atom.